The summed E-state index contributed by atoms with van der Waals surface area (Å²) in [6, 6.07) is 23.8. The van der Waals surface area contributed by atoms with Crippen LogP contribution in [-0.2, 0) is 20.0 Å². The molecule has 53 heavy (non-hydrogen) atoms. The van der Waals surface area contributed by atoms with E-state index in [9.17, 15) is 21.6 Å². The lowest BCUT2D eigenvalue weighted by atomic mass is 10.2. The molecule has 0 saturated heterocycles. The fourth-order valence-corrected chi connectivity index (χ4v) is 8.90. The number of nitrogens with zero attached hydrogens (tertiary/aromatic N) is 1. The topological polar surface area (TPSA) is 161 Å². The summed E-state index contributed by atoms with van der Waals surface area (Å²) < 4.78 is 74.7. The molecule has 0 saturated carbocycles. The summed E-state index contributed by atoms with van der Waals surface area (Å²) in [6.45, 7) is 2.12. The molecule has 6 aromatic rings. The van der Waals surface area contributed by atoms with Crippen LogP contribution in [0.3, 0.4) is 0 Å². The number of primary sulfonamides is 1. The minimum atomic E-state index is -3.84. The molecule has 2 aliphatic heterocycles. The minimum Gasteiger partial charge on any atom is -0.490 e. The molecule has 2 aromatic heterocycles. The molecule has 0 radical (unpaired) electrons. The molecule has 276 valence electrons. The Morgan fingerprint density at radius 2 is 1.09 bits per heavy atom. The van der Waals surface area contributed by atoms with E-state index < -0.39 is 20.0 Å². The molecule has 2 aliphatic rings. The first kappa shape index (κ1) is 38.5. The summed E-state index contributed by atoms with van der Waals surface area (Å²) in [7, 11) is -7.53. The number of ether oxygens (including phenoxy) is 4. The third-order valence-corrected chi connectivity index (χ3v) is 12.8. The molecular weight excluding hydrogens is 804 g/mol. The van der Waals surface area contributed by atoms with Crippen LogP contribution in [0.5, 0.6) is 23.0 Å². The first-order valence-electron chi connectivity index (χ1n) is 15.8. The van der Waals surface area contributed by atoms with E-state index in [-0.39, 0.29) is 9.79 Å². The van der Waals surface area contributed by atoms with Crippen molar-refractivity contribution in [1.29, 1.82) is 0 Å². The first-order valence-corrected chi connectivity index (χ1v) is 21.2. The average molecular weight is 834 g/mol. The predicted molar refractivity (Wildman–Crippen MR) is 209 cm³/mol. The Balaban J connectivity index is 0.000000150. The number of hydrogen-bond acceptors (Lipinski definition) is 11. The Morgan fingerprint density at radius 3 is 1.60 bits per heavy atom. The summed E-state index contributed by atoms with van der Waals surface area (Å²) in [5.41, 5.74) is 0. The molecule has 11 nitrogen and oxygen atoms in total. The van der Waals surface area contributed by atoms with E-state index in [0.29, 0.717) is 64.3 Å². The molecular formula is C36H30Cl2N2O9S4. The highest BCUT2D eigenvalue weighted by Crippen LogP contribution is 2.35. The van der Waals surface area contributed by atoms with E-state index >= 15 is 0 Å². The number of sulfonamides is 2. The van der Waals surface area contributed by atoms with Gasteiger partial charge in [0.05, 0.1) is 66.8 Å². The van der Waals surface area contributed by atoms with Crippen LogP contribution in [-0.4, -0.2) is 55.8 Å². The van der Waals surface area contributed by atoms with Gasteiger partial charge in [0.1, 0.15) is 0 Å². The Morgan fingerprint density at radius 1 is 0.623 bits per heavy atom. The van der Waals surface area contributed by atoms with Gasteiger partial charge in [0, 0.05) is 29.9 Å². The van der Waals surface area contributed by atoms with Crippen molar-refractivity contribution in [1.82, 2.24) is 0 Å². The second-order valence-electron chi connectivity index (χ2n) is 11.3. The third kappa shape index (κ3) is 9.67. The van der Waals surface area contributed by atoms with Crippen LogP contribution in [0.2, 0.25) is 10.0 Å². The number of fused-ring (bicyclic) bond motifs is 4. The van der Waals surface area contributed by atoms with Gasteiger partial charge in [0.25, 0.3) is 10.0 Å². The molecule has 17 heteroatoms. The Bertz CT molecular complexity index is 2540. The van der Waals surface area contributed by atoms with Crippen molar-refractivity contribution in [2.45, 2.75) is 22.6 Å². The van der Waals surface area contributed by atoms with Gasteiger partial charge in [-0.25, -0.2) is 13.6 Å². The van der Waals surface area contributed by atoms with Crippen molar-refractivity contribution in [2.75, 3.05) is 26.4 Å². The summed E-state index contributed by atoms with van der Waals surface area (Å²) in [6.07, 6.45) is 3.73. The number of rotatable bonds is 5. The van der Waals surface area contributed by atoms with Crippen molar-refractivity contribution in [2.24, 2.45) is 9.54 Å². The zero-order valence-electron chi connectivity index (χ0n) is 27.6. The standard InChI is InChI=1S/C18H14ClNO4S2.C9H5ClOS.C9H11NO4S/c19-15-4-1-3-12-9-13(25-18(12)15)11-20-26(21,22)14-5-6-16-17(10-14)24-8-2-7-23-16;10-8-3-1-2-6-4-7(5-11)12-9(6)8;10-15(11,12)7-2-3-8-9(6-7)14-5-1-4-13-8/h1,3-6,9-11H,2,7-8H2;1-5H;2-3,6H,1,4-5H2,(H2,10,11,12). The van der Waals surface area contributed by atoms with Gasteiger partial charge in [0.2, 0.25) is 10.0 Å². The number of hydrogen-bond donors (Lipinski definition) is 1. The molecule has 0 amide bonds. The largest absolute Gasteiger partial charge is 0.490 e. The van der Waals surface area contributed by atoms with E-state index in [0.717, 1.165) is 44.2 Å². The van der Waals surface area contributed by atoms with Crippen LogP contribution in [0.1, 0.15) is 27.4 Å². The van der Waals surface area contributed by atoms with E-state index in [1.54, 1.807) is 18.2 Å². The van der Waals surface area contributed by atoms with Gasteiger partial charge in [0.15, 0.2) is 29.3 Å². The van der Waals surface area contributed by atoms with Crippen LogP contribution in [0, 0.1) is 0 Å². The summed E-state index contributed by atoms with van der Waals surface area (Å²) in [4.78, 5) is 12.0. The number of carbonyl (C=O) groups is 1. The fraction of sp³-hybridized carbons (Fsp3) is 0.167. The normalized spacial score (nSPS) is 14.0. The van der Waals surface area contributed by atoms with Gasteiger partial charge in [-0.05, 0) is 59.3 Å². The number of halogens is 2. The Kier molecular flexibility index (Phi) is 12.2. The number of aldehydes is 1. The summed E-state index contributed by atoms with van der Waals surface area (Å²) >= 11 is 14.9. The van der Waals surface area contributed by atoms with Gasteiger partial charge in [-0.15, -0.1) is 22.7 Å². The van der Waals surface area contributed by atoms with Crippen LogP contribution >= 0.6 is 45.9 Å². The highest BCUT2D eigenvalue weighted by Gasteiger charge is 2.18. The minimum absolute atomic E-state index is 0.0340. The van der Waals surface area contributed by atoms with Crippen LogP contribution < -0.4 is 24.1 Å². The smallest absolute Gasteiger partial charge is 0.282 e. The summed E-state index contributed by atoms with van der Waals surface area (Å²) in [5.74, 6) is 1.95. The van der Waals surface area contributed by atoms with Gasteiger partial charge in [-0.1, -0.05) is 47.5 Å². The highest BCUT2D eigenvalue weighted by atomic mass is 35.5. The number of carbonyl (C=O) groups excluding carboxylic acids is 1. The summed E-state index contributed by atoms with van der Waals surface area (Å²) in [5, 5.41) is 8.35. The lowest BCUT2D eigenvalue weighted by Crippen LogP contribution is -2.12. The molecule has 8 rings (SSSR count). The van der Waals surface area contributed by atoms with E-state index in [4.69, 9.17) is 47.3 Å². The van der Waals surface area contributed by atoms with Gasteiger partial charge in [-0.3, -0.25) is 4.79 Å². The average Bonchev–Trinajstić information content (AvgIpc) is 3.59. The van der Waals surface area contributed by atoms with Crippen molar-refractivity contribution in [3.05, 3.63) is 105 Å². The molecule has 0 aliphatic carbocycles. The number of benzene rings is 4. The molecule has 0 spiro atoms. The molecule has 0 bridgehead atoms. The Labute approximate surface area is 323 Å². The van der Waals surface area contributed by atoms with E-state index in [2.05, 4.69) is 4.40 Å². The monoisotopic (exact) mass is 832 g/mol. The van der Waals surface area contributed by atoms with Gasteiger partial charge in [-0.2, -0.15) is 12.8 Å². The quantitative estimate of drug-likeness (QED) is 0.133. The van der Waals surface area contributed by atoms with Crippen molar-refractivity contribution in [3.8, 4) is 23.0 Å². The van der Waals surface area contributed by atoms with Gasteiger partial charge >= 0.3 is 0 Å². The zero-order chi connectivity index (χ0) is 37.6. The molecule has 2 N–H and O–H groups in total. The zero-order valence-corrected chi connectivity index (χ0v) is 32.3. The van der Waals surface area contributed by atoms with Crippen LogP contribution in [0.4, 0.5) is 0 Å². The van der Waals surface area contributed by atoms with Crippen molar-refractivity contribution >= 4 is 98.6 Å². The van der Waals surface area contributed by atoms with Crippen LogP contribution in [0.25, 0.3) is 20.2 Å². The lowest BCUT2D eigenvalue weighted by Gasteiger charge is -2.08. The molecule has 0 atom stereocenters. The molecule has 4 aromatic carbocycles. The SMILES string of the molecule is NS(=O)(=O)c1ccc2c(c1)OCCCO2.O=Cc1cc2cccc(Cl)c2s1.O=S(=O)(N=Cc1cc2cccc(Cl)c2s1)c1ccc2c(c1)OCCCO2. The maximum absolute atomic E-state index is 12.5. The molecule has 0 unspecified atom stereocenters. The first-order chi connectivity index (χ1) is 25.4. The van der Waals surface area contributed by atoms with Crippen molar-refractivity contribution < 1.29 is 40.6 Å². The molecule has 4 heterocycles. The van der Waals surface area contributed by atoms with E-state index in [1.807, 2.05) is 42.5 Å². The lowest BCUT2D eigenvalue weighted by molar-refractivity contribution is 0.112. The maximum Gasteiger partial charge on any atom is 0.282 e. The van der Waals surface area contributed by atoms with E-state index in [1.165, 1.54) is 53.2 Å². The second kappa shape index (κ2) is 16.8. The third-order valence-electron chi connectivity index (χ3n) is 7.53. The van der Waals surface area contributed by atoms with Crippen molar-refractivity contribution in [3.63, 3.8) is 0 Å². The highest BCUT2D eigenvalue weighted by molar-refractivity contribution is 7.90. The predicted octanol–water partition coefficient (Wildman–Crippen LogP) is 8.39. The number of nitrogens with two attached hydrogens (primary N) is 1. The maximum atomic E-state index is 12.5. The second-order valence-corrected chi connectivity index (χ2v) is 17.5. The fourth-order valence-electron chi connectivity index (χ4n) is 5.02. The van der Waals surface area contributed by atoms with Gasteiger partial charge < -0.3 is 18.9 Å². The number of thiophene rings is 2. The molecule has 0 fully saturated rings. The Hall–Kier alpha value is -4.22. The van der Waals surface area contributed by atoms with Crippen LogP contribution in [0.15, 0.2) is 99.1 Å².